The number of alkyl halides is 1. The first-order valence-electron chi connectivity index (χ1n) is 6.29. The molecule has 108 valence electrons. The van der Waals surface area contributed by atoms with Crippen LogP contribution in [0.25, 0.3) is 0 Å². The van der Waals surface area contributed by atoms with Gasteiger partial charge in [-0.25, -0.2) is 0 Å². The second kappa shape index (κ2) is 6.99. The van der Waals surface area contributed by atoms with Gasteiger partial charge in [-0.3, -0.25) is 14.9 Å². The summed E-state index contributed by atoms with van der Waals surface area (Å²) < 4.78 is 0. The fourth-order valence-electron chi connectivity index (χ4n) is 1.82. The SMILES string of the molecule is O=C(NCC(Br)c1ccccc1)c1cccc([N+](=O)[O-])c1. The predicted octanol–water partition coefficient (Wildman–Crippen LogP) is 3.46. The molecular formula is C15H13BrN2O3. The molecule has 6 heteroatoms. The molecule has 0 saturated heterocycles. The summed E-state index contributed by atoms with van der Waals surface area (Å²) in [5, 5.41) is 13.4. The van der Waals surface area contributed by atoms with Crippen LogP contribution in [0.1, 0.15) is 20.7 Å². The summed E-state index contributed by atoms with van der Waals surface area (Å²) >= 11 is 3.50. The molecule has 2 aromatic rings. The number of nitro benzene ring substituents is 1. The van der Waals surface area contributed by atoms with Crippen LogP contribution >= 0.6 is 15.9 Å². The second-order valence-corrected chi connectivity index (χ2v) is 5.50. The van der Waals surface area contributed by atoms with Crippen molar-refractivity contribution in [2.75, 3.05) is 6.54 Å². The van der Waals surface area contributed by atoms with E-state index in [1.165, 1.54) is 18.2 Å². The Morgan fingerprint density at radius 1 is 1.19 bits per heavy atom. The van der Waals surface area contributed by atoms with Gasteiger partial charge in [0.25, 0.3) is 11.6 Å². The van der Waals surface area contributed by atoms with Crippen molar-refractivity contribution in [1.82, 2.24) is 5.32 Å². The van der Waals surface area contributed by atoms with Gasteiger partial charge < -0.3 is 5.32 Å². The van der Waals surface area contributed by atoms with E-state index in [2.05, 4.69) is 21.2 Å². The van der Waals surface area contributed by atoms with E-state index >= 15 is 0 Å². The lowest BCUT2D eigenvalue weighted by molar-refractivity contribution is -0.384. The Balaban J connectivity index is 1.99. The number of hydrogen-bond acceptors (Lipinski definition) is 3. The highest BCUT2D eigenvalue weighted by atomic mass is 79.9. The van der Waals surface area contributed by atoms with Crippen LogP contribution in [0.2, 0.25) is 0 Å². The fraction of sp³-hybridized carbons (Fsp3) is 0.133. The van der Waals surface area contributed by atoms with Crippen molar-refractivity contribution in [3.8, 4) is 0 Å². The molecule has 0 fully saturated rings. The number of rotatable bonds is 5. The van der Waals surface area contributed by atoms with Crippen molar-refractivity contribution >= 4 is 27.5 Å². The van der Waals surface area contributed by atoms with E-state index in [0.717, 1.165) is 5.56 Å². The van der Waals surface area contributed by atoms with Crippen molar-refractivity contribution in [3.63, 3.8) is 0 Å². The lowest BCUT2D eigenvalue weighted by atomic mass is 10.1. The van der Waals surface area contributed by atoms with Gasteiger partial charge >= 0.3 is 0 Å². The average Bonchev–Trinajstić information content (AvgIpc) is 2.53. The monoisotopic (exact) mass is 348 g/mol. The zero-order valence-electron chi connectivity index (χ0n) is 11.0. The van der Waals surface area contributed by atoms with E-state index < -0.39 is 4.92 Å². The predicted molar refractivity (Wildman–Crippen MR) is 83.5 cm³/mol. The molecular weight excluding hydrogens is 336 g/mol. The molecule has 0 spiro atoms. The molecule has 0 aliphatic rings. The summed E-state index contributed by atoms with van der Waals surface area (Å²) in [6.45, 7) is 0.394. The Bertz CT molecular complexity index is 646. The molecule has 1 amide bonds. The normalized spacial score (nSPS) is 11.7. The molecule has 0 aliphatic carbocycles. The highest BCUT2D eigenvalue weighted by molar-refractivity contribution is 9.09. The van der Waals surface area contributed by atoms with Crippen LogP contribution in [0.3, 0.4) is 0 Å². The lowest BCUT2D eigenvalue weighted by Crippen LogP contribution is -2.26. The molecule has 1 N–H and O–H groups in total. The third kappa shape index (κ3) is 4.13. The number of nitrogens with one attached hydrogen (secondary N) is 1. The van der Waals surface area contributed by atoms with Crippen LogP contribution in [-0.2, 0) is 0 Å². The summed E-state index contributed by atoms with van der Waals surface area (Å²) in [5.41, 5.74) is 1.23. The van der Waals surface area contributed by atoms with E-state index in [0.29, 0.717) is 6.54 Å². The van der Waals surface area contributed by atoms with Gasteiger partial charge in [0.2, 0.25) is 0 Å². The van der Waals surface area contributed by atoms with Crippen LogP contribution < -0.4 is 5.32 Å². The minimum atomic E-state index is -0.520. The highest BCUT2D eigenvalue weighted by Crippen LogP contribution is 2.21. The minimum Gasteiger partial charge on any atom is -0.351 e. The zero-order valence-corrected chi connectivity index (χ0v) is 12.6. The molecule has 0 radical (unpaired) electrons. The number of halogens is 1. The van der Waals surface area contributed by atoms with Crippen LogP contribution in [0.5, 0.6) is 0 Å². The molecule has 0 bridgehead atoms. The largest absolute Gasteiger partial charge is 0.351 e. The van der Waals surface area contributed by atoms with Gasteiger partial charge in [-0.1, -0.05) is 52.3 Å². The molecule has 2 aromatic carbocycles. The molecule has 0 heterocycles. The maximum atomic E-state index is 12.0. The van der Waals surface area contributed by atoms with Gasteiger partial charge in [-0.05, 0) is 11.6 Å². The van der Waals surface area contributed by atoms with E-state index in [9.17, 15) is 14.9 Å². The van der Waals surface area contributed by atoms with Gasteiger partial charge in [0, 0.05) is 24.2 Å². The molecule has 2 rings (SSSR count). The van der Waals surface area contributed by atoms with Crippen LogP contribution in [0.15, 0.2) is 54.6 Å². The number of carbonyl (C=O) groups is 1. The topological polar surface area (TPSA) is 72.2 Å². The van der Waals surface area contributed by atoms with Crippen LogP contribution in [-0.4, -0.2) is 17.4 Å². The Labute approximate surface area is 130 Å². The maximum absolute atomic E-state index is 12.0. The molecule has 5 nitrogen and oxygen atoms in total. The Hall–Kier alpha value is -2.21. The molecule has 0 saturated carbocycles. The minimum absolute atomic E-state index is 0.0126. The van der Waals surface area contributed by atoms with Gasteiger partial charge in [0.05, 0.1) is 9.75 Å². The third-order valence-corrected chi connectivity index (χ3v) is 3.77. The molecule has 21 heavy (non-hydrogen) atoms. The summed E-state index contributed by atoms with van der Waals surface area (Å²) in [6, 6.07) is 15.3. The average molecular weight is 349 g/mol. The number of nitro groups is 1. The van der Waals surface area contributed by atoms with E-state index in [1.54, 1.807) is 6.07 Å². The summed E-state index contributed by atoms with van der Waals surface area (Å²) in [5.74, 6) is -0.334. The molecule has 1 unspecified atom stereocenters. The van der Waals surface area contributed by atoms with Crippen molar-refractivity contribution in [2.45, 2.75) is 4.83 Å². The smallest absolute Gasteiger partial charge is 0.270 e. The Morgan fingerprint density at radius 3 is 2.57 bits per heavy atom. The summed E-state index contributed by atoms with van der Waals surface area (Å²) in [4.78, 5) is 22.2. The van der Waals surface area contributed by atoms with Crippen molar-refractivity contribution in [3.05, 3.63) is 75.8 Å². The van der Waals surface area contributed by atoms with Gasteiger partial charge in [0.15, 0.2) is 0 Å². The first kappa shape index (κ1) is 15.2. The summed E-state index contributed by atoms with van der Waals surface area (Å²) in [7, 11) is 0. The zero-order chi connectivity index (χ0) is 15.2. The number of carbonyl (C=O) groups excluding carboxylic acids is 1. The molecule has 0 aliphatic heterocycles. The summed E-state index contributed by atoms with van der Waals surface area (Å²) in [6.07, 6.45) is 0. The van der Waals surface area contributed by atoms with Gasteiger partial charge in [-0.2, -0.15) is 0 Å². The number of non-ortho nitro benzene ring substituents is 1. The number of amides is 1. The van der Waals surface area contributed by atoms with E-state index in [4.69, 9.17) is 0 Å². The number of benzene rings is 2. The third-order valence-electron chi connectivity index (χ3n) is 2.92. The van der Waals surface area contributed by atoms with E-state index in [1.807, 2.05) is 30.3 Å². The lowest BCUT2D eigenvalue weighted by Gasteiger charge is -2.11. The Morgan fingerprint density at radius 2 is 1.90 bits per heavy atom. The van der Waals surface area contributed by atoms with E-state index in [-0.39, 0.29) is 22.0 Å². The quantitative estimate of drug-likeness (QED) is 0.510. The van der Waals surface area contributed by atoms with Crippen LogP contribution in [0, 0.1) is 10.1 Å². The maximum Gasteiger partial charge on any atom is 0.270 e. The highest BCUT2D eigenvalue weighted by Gasteiger charge is 2.13. The second-order valence-electron chi connectivity index (χ2n) is 4.40. The number of hydrogen-bond donors (Lipinski definition) is 1. The number of nitrogens with zero attached hydrogens (tertiary/aromatic N) is 1. The molecule has 0 aromatic heterocycles. The van der Waals surface area contributed by atoms with Gasteiger partial charge in [0.1, 0.15) is 0 Å². The Kier molecular flexibility index (Phi) is 5.05. The molecule has 1 atom stereocenters. The fourth-order valence-corrected chi connectivity index (χ4v) is 2.29. The standard InChI is InChI=1S/C15H13BrN2O3/c16-14(11-5-2-1-3-6-11)10-17-15(19)12-7-4-8-13(9-12)18(20)21/h1-9,14H,10H2,(H,17,19). The van der Waals surface area contributed by atoms with Crippen LogP contribution in [0.4, 0.5) is 5.69 Å². The first-order valence-corrected chi connectivity index (χ1v) is 7.21. The van der Waals surface area contributed by atoms with Gasteiger partial charge in [-0.15, -0.1) is 0 Å². The first-order chi connectivity index (χ1) is 10.1. The van der Waals surface area contributed by atoms with Crippen molar-refractivity contribution < 1.29 is 9.72 Å². The van der Waals surface area contributed by atoms with Crippen molar-refractivity contribution in [1.29, 1.82) is 0 Å². The van der Waals surface area contributed by atoms with Crippen molar-refractivity contribution in [2.24, 2.45) is 0 Å².